The van der Waals surface area contributed by atoms with Gasteiger partial charge in [0.25, 0.3) is 11.8 Å². The molecule has 4 N–H and O–H groups in total. The smallest absolute Gasteiger partial charge is 0.256 e. The molecule has 2 fully saturated rings. The summed E-state index contributed by atoms with van der Waals surface area (Å²) >= 11 is 6.37. The van der Waals surface area contributed by atoms with Crippen LogP contribution in [-0.4, -0.2) is 73.6 Å². The third-order valence-electron chi connectivity index (χ3n) is 8.33. The lowest BCUT2D eigenvalue weighted by molar-refractivity contribution is 0.0720. The summed E-state index contributed by atoms with van der Waals surface area (Å²) < 4.78 is 5.71. The van der Waals surface area contributed by atoms with Gasteiger partial charge in [0.2, 0.25) is 5.88 Å². The Morgan fingerprint density at radius 1 is 1.02 bits per heavy atom. The molecular weight excluding hydrogens is 552 g/mol. The summed E-state index contributed by atoms with van der Waals surface area (Å²) in [6, 6.07) is 15.0. The molecule has 5 rings (SSSR count). The van der Waals surface area contributed by atoms with Crippen LogP contribution in [-0.2, 0) is 0 Å². The Kier molecular flexibility index (Phi) is 9.18. The molecule has 42 heavy (non-hydrogen) atoms. The van der Waals surface area contributed by atoms with Crippen molar-refractivity contribution in [3.05, 3.63) is 70.9 Å². The molecule has 222 valence electrons. The van der Waals surface area contributed by atoms with Crippen molar-refractivity contribution in [2.75, 3.05) is 55.7 Å². The Morgan fingerprint density at radius 2 is 1.86 bits per heavy atom. The highest BCUT2D eigenvalue weighted by Crippen LogP contribution is 2.35. The summed E-state index contributed by atoms with van der Waals surface area (Å²) in [6.07, 6.45) is 3.47. The zero-order chi connectivity index (χ0) is 29.8. The fourth-order valence-electron chi connectivity index (χ4n) is 6.08. The first-order chi connectivity index (χ1) is 20.3. The first kappa shape index (κ1) is 29.7. The molecule has 0 radical (unpaired) electrons. The summed E-state index contributed by atoms with van der Waals surface area (Å²) in [6.45, 7) is 8.40. The van der Waals surface area contributed by atoms with Gasteiger partial charge >= 0.3 is 0 Å². The van der Waals surface area contributed by atoms with Gasteiger partial charge in [-0.1, -0.05) is 24.6 Å². The van der Waals surface area contributed by atoms with Crippen molar-refractivity contribution in [1.82, 2.24) is 9.88 Å². The predicted molar refractivity (Wildman–Crippen MR) is 168 cm³/mol. The number of hydrogen-bond acceptors (Lipinski definition) is 7. The third kappa shape index (κ3) is 6.03. The molecule has 0 unspecified atom stereocenters. The van der Waals surface area contributed by atoms with Crippen LogP contribution in [0.25, 0.3) is 11.1 Å². The number of carbonyl (C=O) groups is 2. The molecule has 3 aromatic rings. The number of primary amides is 1. The van der Waals surface area contributed by atoms with Crippen molar-refractivity contribution >= 4 is 34.8 Å². The monoisotopic (exact) mass is 590 g/mol. The van der Waals surface area contributed by atoms with Gasteiger partial charge in [0.1, 0.15) is 0 Å². The lowest BCUT2D eigenvalue weighted by atomic mass is 9.99. The number of pyridine rings is 1. The van der Waals surface area contributed by atoms with E-state index in [1.165, 1.54) is 0 Å². The van der Waals surface area contributed by atoms with Crippen molar-refractivity contribution in [2.45, 2.75) is 32.7 Å². The average Bonchev–Trinajstić information content (AvgIpc) is 3.50. The minimum atomic E-state index is -0.505. The van der Waals surface area contributed by atoms with Gasteiger partial charge in [0.15, 0.2) is 0 Å². The maximum absolute atomic E-state index is 13.9. The van der Waals surface area contributed by atoms with Crippen LogP contribution in [0.5, 0.6) is 5.88 Å². The highest BCUT2D eigenvalue weighted by molar-refractivity contribution is 6.31. The number of aromatic nitrogens is 1. The Labute approximate surface area is 252 Å². The number of hydrogen-bond donors (Lipinski definition) is 2. The third-order valence-corrected chi connectivity index (χ3v) is 8.56. The molecule has 2 atom stereocenters. The molecule has 2 saturated heterocycles. The second kappa shape index (κ2) is 13.0. The number of carbonyl (C=O) groups excluding carboxylic acids is 2. The van der Waals surface area contributed by atoms with Crippen LogP contribution in [0.4, 0.5) is 11.4 Å². The first-order valence-electron chi connectivity index (χ1n) is 14.7. The first-order valence-corrected chi connectivity index (χ1v) is 15.0. The van der Waals surface area contributed by atoms with Crippen molar-refractivity contribution in [3.8, 4) is 17.0 Å². The van der Waals surface area contributed by atoms with E-state index in [4.69, 9.17) is 27.8 Å². The molecule has 10 heteroatoms. The minimum absolute atomic E-state index is 0.00758. The summed E-state index contributed by atoms with van der Waals surface area (Å²) in [5, 5.41) is 0.607. The van der Waals surface area contributed by atoms with E-state index in [1.54, 1.807) is 12.3 Å². The molecule has 0 bridgehead atoms. The van der Waals surface area contributed by atoms with Gasteiger partial charge in [0.05, 0.1) is 23.4 Å². The average molecular weight is 591 g/mol. The summed E-state index contributed by atoms with van der Waals surface area (Å²) in [5.74, 6) is 0.404. The normalized spacial score (nSPS) is 18.8. The minimum Gasteiger partial charge on any atom is -0.478 e. The highest BCUT2D eigenvalue weighted by atomic mass is 35.5. The summed E-state index contributed by atoms with van der Waals surface area (Å²) in [4.78, 5) is 37.3. The summed E-state index contributed by atoms with van der Waals surface area (Å²) in [7, 11) is 0. The number of ether oxygens (including phenoxy) is 1. The molecule has 0 aliphatic carbocycles. The lowest BCUT2D eigenvalue weighted by Gasteiger charge is -2.43. The second-order valence-corrected chi connectivity index (χ2v) is 11.3. The Morgan fingerprint density at radius 3 is 2.57 bits per heavy atom. The number of nitrogens with two attached hydrogens (primary N) is 2. The van der Waals surface area contributed by atoms with Crippen LogP contribution in [0.2, 0.25) is 5.02 Å². The maximum atomic E-state index is 13.9. The van der Waals surface area contributed by atoms with Crippen molar-refractivity contribution in [1.29, 1.82) is 0 Å². The van der Waals surface area contributed by atoms with Gasteiger partial charge in [-0.15, -0.1) is 0 Å². The zero-order valence-corrected chi connectivity index (χ0v) is 25.0. The quantitative estimate of drug-likeness (QED) is 0.379. The fourth-order valence-corrected chi connectivity index (χ4v) is 6.25. The molecule has 2 aliphatic heterocycles. The number of benzene rings is 2. The van der Waals surface area contributed by atoms with E-state index < -0.39 is 5.91 Å². The van der Waals surface area contributed by atoms with E-state index in [2.05, 4.69) is 21.7 Å². The van der Waals surface area contributed by atoms with Crippen LogP contribution in [0.3, 0.4) is 0 Å². The van der Waals surface area contributed by atoms with E-state index in [9.17, 15) is 9.59 Å². The van der Waals surface area contributed by atoms with E-state index in [1.807, 2.05) is 54.3 Å². The van der Waals surface area contributed by atoms with Crippen LogP contribution in [0, 0.1) is 5.92 Å². The fraction of sp³-hybridized carbons (Fsp3) is 0.406. The molecule has 0 saturated carbocycles. The molecule has 0 spiro atoms. The van der Waals surface area contributed by atoms with E-state index in [0.29, 0.717) is 60.7 Å². The number of rotatable bonds is 9. The molecule has 1 aromatic heterocycles. The van der Waals surface area contributed by atoms with Gasteiger partial charge < -0.3 is 30.9 Å². The maximum Gasteiger partial charge on any atom is 0.256 e. The van der Waals surface area contributed by atoms with E-state index in [0.717, 1.165) is 48.4 Å². The Bertz CT molecular complexity index is 1450. The molecule has 2 aliphatic rings. The van der Waals surface area contributed by atoms with Gasteiger partial charge in [-0.25, -0.2) is 4.98 Å². The van der Waals surface area contributed by atoms with Crippen molar-refractivity contribution < 1.29 is 14.3 Å². The molecule has 3 heterocycles. The van der Waals surface area contributed by atoms with Crippen LogP contribution in [0.15, 0.2) is 54.7 Å². The standard InChI is InChI=1S/C32H39ClN6O3/c1-3-24-20-38(32(41)26-9-8-23(33)17-29(26)37-13-11-21(18-34)19-37)14-15-39(24)28-10-7-22(16-27(28)30(35)40)25-6-5-12-36-31(25)42-4-2/h5-10,12,16-17,21,24H,3-4,11,13-15,18-20,34H2,1-2H3,(H2,35,40)/t21-,24+/m0/s1. The van der Waals surface area contributed by atoms with Gasteiger partial charge in [-0.3, -0.25) is 9.59 Å². The van der Waals surface area contributed by atoms with Gasteiger partial charge in [0, 0.05) is 61.2 Å². The number of halogens is 1. The Hall–Kier alpha value is -3.82. The van der Waals surface area contributed by atoms with Gasteiger partial charge in [-0.2, -0.15) is 0 Å². The second-order valence-electron chi connectivity index (χ2n) is 10.9. The topological polar surface area (TPSA) is 118 Å². The Balaban J connectivity index is 1.39. The molecule has 2 aromatic carbocycles. The molecule has 2 amide bonds. The van der Waals surface area contributed by atoms with Crippen LogP contribution >= 0.6 is 11.6 Å². The SMILES string of the molecule is CCOc1ncccc1-c1ccc(N2CCN(C(=O)c3ccc(Cl)cc3N3CC[C@@H](CN)C3)C[C@H]2CC)c(C(N)=O)c1. The predicted octanol–water partition coefficient (Wildman–Crippen LogP) is 4.43. The lowest BCUT2D eigenvalue weighted by Crippen LogP contribution is -2.55. The number of amides is 2. The van der Waals surface area contributed by atoms with Crippen LogP contribution < -0.4 is 26.0 Å². The van der Waals surface area contributed by atoms with Gasteiger partial charge in [-0.05, 0) is 80.3 Å². The number of piperazine rings is 1. The van der Waals surface area contributed by atoms with Crippen LogP contribution in [0.1, 0.15) is 47.4 Å². The molecule has 9 nitrogen and oxygen atoms in total. The highest BCUT2D eigenvalue weighted by Gasteiger charge is 2.33. The number of anilines is 2. The largest absolute Gasteiger partial charge is 0.478 e. The van der Waals surface area contributed by atoms with Crippen molar-refractivity contribution in [3.63, 3.8) is 0 Å². The van der Waals surface area contributed by atoms with E-state index >= 15 is 0 Å². The van der Waals surface area contributed by atoms with Crippen molar-refractivity contribution in [2.24, 2.45) is 17.4 Å². The number of nitrogens with zero attached hydrogens (tertiary/aromatic N) is 4. The van der Waals surface area contributed by atoms with E-state index in [-0.39, 0.29) is 11.9 Å². The summed E-state index contributed by atoms with van der Waals surface area (Å²) in [5.41, 5.74) is 16.2. The molecular formula is C32H39ClN6O3. The zero-order valence-electron chi connectivity index (χ0n) is 24.3.